The summed E-state index contributed by atoms with van der Waals surface area (Å²) in [7, 11) is 0. The lowest BCUT2D eigenvalue weighted by Crippen LogP contribution is -2.32. The van der Waals surface area contributed by atoms with Crippen LogP contribution in [0.25, 0.3) is 21.0 Å². The zero-order valence-electron chi connectivity index (χ0n) is 17.5. The molecule has 5 aromatic rings. The minimum atomic E-state index is -0.0279. The van der Waals surface area contributed by atoms with E-state index in [0.29, 0.717) is 16.7 Å². The SMILES string of the molecule is Cc1ccc(Cl)c2sc(N(Cc3ccccn3)C(=O)Cc3cccc4ccccc34)nc12. The van der Waals surface area contributed by atoms with Gasteiger partial charge in [-0.3, -0.25) is 14.7 Å². The highest BCUT2D eigenvalue weighted by Crippen LogP contribution is 2.36. The zero-order valence-corrected chi connectivity index (χ0v) is 19.0. The second-order valence-electron chi connectivity index (χ2n) is 7.65. The van der Waals surface area contributed by atoms with Crippen molar-refractivity contribution in [1.82, 2.24) is 9.97 Å². The second-order valence-corrected chi connectivity index (χ2v) is 9.04. The number of amides is 1. The number of thiazole rings is 1. The summed E-state index contributed by atoms with van der Waals surface area (Å²) in [4.78, 5) is 24.6. The van der Waals surface area contributed by atoms with E-state index in [1.54, 1.807) is 11.1 Å². The summed E-state index contributed by atoms with van der Waals surface area (Å²) in [5.74, 6) is -0.0279. The van der Waals surface area contributed by atoms with Crippen molar-refractivity contribution in [3.63, 3.8) is 0 Å². The van der Waals surface area contributed by atoms with Gasteiger partial charge in [0, 0.05) is 6.20 Å². The Morgan fingerprint density at radius 2 is 1.81 bits per heavy atom. The molecule has 3 aromatic carbocycles. The maximum atomic E-state index is 13.6. The molecule has 0 bridgehead atoms. The van der Waals surface area contributed by atoms with E-state index in [0.717, 1.165) is 37.8 Å². The van der Waals surface area contributed by atoms with Crippen LogP contribution in [0.1, 0.15) is 16.8 Å². The van der Waals surface area contributed by atoms with Crippen molar-refractivity contribution in [3.8, 4) is 0 Å². The summed E-state index contributed by atoms with van der Waals surface area (Å²) in [5.41, 5.74) is 3.67. The van der Waals surface area contributed by atoms with Crippen LogP contribution >= 0.6 is 22.9 Å². The molecule has 158 valence electrons. The number of carbonyl (C=O) groups excluding carboxylic acids is 1. The lowest BCUT2D eigenvalue weighted by atomic mass is 10.0. The van der Waals surface area contributed by atoms with Crippen LogP contribution in [0.5, 0.6) is 0 Å². The molecular weight excluding hydrogens is 438 g/mol. The molecule has 0 N–H and O–H groups in total. The van der Waals surface area contributed by atoms with E-state index in [4.69, 9.17) is 16.6 Å². The number of anilines is 1. The fraction of sp³-hybridized carbons (Fsp3) is 0.115. The lowest BCUT2D eigenvalue weighted by Gasteiger charge is -2.20. The summed E-state index contributed by atoms with van der Waals surface area (Å²) in [6, 6.07) is 23.7. The van der Waals surface area contributed by atoms with Crippen molar-refractivity contribution >= 4 is 55.0 Å². The van der Waals surface area contributed by atoms with Crippen molar-refractivity contribution in [2.75, 3.05) is 4.90 Å². The second kappa shape index (κ2) is 8.69. The van der Waals surface area contributed by atoms with Gasteiger partial charge >= 0.3 is 0 Å². The Kier molecular flexibility index (Phi) is 5.60. The first-order valence-electron chi connectivity index (χ1n) is 10.3. The normalized spacial score (nSPS) is 11.2. The number of halogens is 1. The fourth-order valence-corrected chi connectivity index (χ4v) is 5.16. The predicted octanol–water partition coefficient (Wildman–Crippen LogP) is 6.58. The molecule has 32 heavy (non-hydrogen) atoms. The van der Waals surface area contributed by atoms with Crippen molar-refractivity contribution in [1.29, 1.82) is 0 Å². The topological polar surface area (TPSA) is 46.1 Å². The molecule has 0 fully saturated rings. The average Bonchev–Trinajstić information content (AvgIpc) is 3.27. The molecular formula is C26H20ClN3OS. The van der Waals surface area contributed by atoms with Gasteiger partial charge in [0.15, 0.2) is 5.13 Å². The smallest absolute Gasteiger partial charge is 0.233 e. The zero-order chi connectivity index (χ0) is 22.1. The number of benzene rings is 3. The van der Waals surface area contributed by atoms with Crippen LogP contribution in [0, 0.1) is 6.92 Å². The third kappa shape index (κ3) is 3.97. The largest absolute Gasteiger partial charge is 0.282 e. The Bertz CT molecular complexity index is 1390. The van der Waals surface area contributed by atoms with Gasteiger partial charge in [-0.25, -0.2) is 4.98 Å². The molecule has 0 aliphatic heterocycles. The molecule has 0 aliphatic rings. The molecule has 4 nitrogen and oxygen atoms in total. The lowest BCUT2D eigenvalue weighted by molar-refractivity contribution is -0.118. The van der Waals surface area contributed by atoms with Crippen molar-refractivity contribution in [2.24, 2.45) is 0 Å². The summed E-state index contributed by atoms with van der Waals surface area (Å²) >= 11 is 7.88. The molecule has 6 heteroatoms. The standard InChI is InChI=1S/C26H20ClN3OS/c1-17-12-13-22(27)25-24(17)29-26(32-25)30(16-20-10-4-5-14-28-20)23(31)15-19-9-6-8-18-7-2-3-11-21(18)19/h2-14H,15-16H2,1H3. The van der Waals surface area contributed by atoms with Crippen LogP contribution < -0.4 is 4.90 Å². The number of carbonyl (C=O) groups is 1. The van der Waals surface area contributed by atoms with Crippen molar-refractivity contribution in [3.05, 3.63) is 101 Å². The van der Waals surface area contributed by atoms with Gasteiger partial charge in [-0.2, -0.15) is 0 Å². The maximum Gasteiger partial charge on any atom is 0.233 e. The monoisotopic (exact) mass is 457 g/mol. The van der Waals surface area contributed by atoms with E-state index < -0.39 is 0 Å². The Hall–Kier alpha value is -3.28. The van der Waals surface area contributed by atoms with Gasteiger partial charge in [-0.15, -0.1) is 0 Å². The predicted molar refractivity (Wildman–Crippen MR) is 132 cm³/mol. The van der Waals surface area contributed by atoms with Gasteiger partial charge < -0.3 is 0 Å². The Labute approximate surface area is 195 Å². The number of pyridine rings is 1. The van der Waals surface area contributed by atoms with Crippen LogP contribution in [-0.4, -0.2) is 15.9 Å². The highest BCUT2D eigenvalue weighted by molar-refractivity contribution is 7.23. The summed E-state index contributed by atoms with van der Waals surface area (Å²) in [6.07, 6.45) is 2.01. The Morgan fingerprint density at radius 3 is 2.62 bits per heavy atom. The van der Waals surface area contributed by atoms with Crippen molar-refractivity contribution < 1.29 is 4.79 Å². The number of rotatable bonds is 5. The van der Waals surface area contributed by atoms with Crippen LogP contribution in [0.3, 0.4) is 0 Å². The van der Waals surface area contributed by atoms with Gasteiger partial charge in [0.25, 0.3) is 0 Å². The molecule has 0 unspecified atom stereocenters. The number of aromatic nitrogens is 2. The van der Waals surface area contributed by atoms with Gasteiger partial charge in [-0.05, 0) is 47.0 Å². The molecule has 0 aliphatic carbocycles. The Balaban J connectivity index is 1.56. The van der Waals surface area contributed by atoms with Crippen LogP contribution in [0.4, 0.5) is 5.13 Å². The third-order valence-corrected chi connectivity index (χ3v) is 7.02. The minimum Gasteiger partial charge on any atom is -0.282 e. The summed E-state index contributed by atoms with van der Waals surface area (Å²) in [6.45, 7) is 2.35. The summed E-state index contributed by atoms with van der Waals surface area (Å²) in [5, 5.41) is 3.49. The van der Waals surface area contributed by atoms with Gasteiger partial charge in [-0.1, -0.05) is 77.5 Å². The quantitative estimate of drug-likeness (QED) is 0.299. The van der Waals surface area contributed by atoms with Crippen LogP contribution in [-0.2, 0) is 17.8 Å². The summed E-state index contributed by atoms with van der Waals surface area (Å²) < 4.78 is 0.894. The van der Waals surface area contributed by atoms with E-state index in [1.165, 1.54) is 11.3 Å². The Morgan fingerprint density at radius 1 is 1.00 bits per heavy atom. The van der Waals surface area contributed by atoms with Crippen molar-refractivity contribution in [2.45, 2.75) is 19.9 Å². The molecule has 5 rings (SSSR count). The van der Waals surface area contributed by atoms with E-state index in [2.05, 4.69) is 23.2 Å². The van der Waals surface area contributed by atoms with E-state index in [9.17, 15) is 4.79 Å². The van der Waals surface area contributed by atoms with Gasteiger partial charge in [0.2, 0.25) is 5.91 Å². The molecule has 0 atom stereocenters. The van der Waals surface area contributed by atoms with E-state index in [-0.39, 0.29) is 12.3 Å². The third-order valence-electron chi connectivity index (χ3n) is 5.49. The molecule has 1 amide bonds. The number of hydrogen-bond donors (Lipinski definition) is 0. The highest BCUT2D eigenvalue weighted by atomic mass is 35.5. The van der Waals surface area contributed by atoms with Crippen LogP contribution in [0.15, 0.2) is 79.0 Å². The maximum absolute atomic E-state index is 13.6. The number of hydrogen-bond acceptors (Lipinski definition) is 4. The van der Waals surface area contributed by atoms with Crippen LogP contribution in [0.2, 0.25) is 5.02 Å². The molecule has 0 saturated heterocycles. The van der Waals surface area contributed by atoms with E-state index >= 15 is 0 Å². The van der Waals surface area contributed by atoms with Gasteiger partial charge in [0.05, 0.1) is 33.9 Å². The van der Waals surface area contributed by atoms with E-state index in [1.807, 2.05) is 61.5 Å². The molecule has 0 saturated carbocycles. The minimum absolute atomic E-state index is 0.0279. The molecule has 2 heterocycles. The first kappa shape index (κ1) is 20.6. The average molecular weight is 458 g/mol. The number of fused-ring (bicyclic) bond motifs is 2. The molecule has 0 radical (unpaired) electrons. The molecule has 0 spiro atoms. The first-order chi connectivity index (χ1) is 15.6. The highest BCUT2D eigenvalue weighted by Gasteiger charge is 2.23. The number of aryl methyl sites for hydroxylation is 1. The fourth-order valence-electron chi connectivity index (χ4n) is 3.83. The first-order valence-corrected chi connectivity index (χ1v) is 11.5. The van der Waals surface area contributed by atoms with Gasteiger partial charge in [0.1, 0.15) is 0 Å². The number of nitrogens with zero attached hydrogens (tertiary/aromatic N) is 3. The molecule has 2 aromatic heterocycles.